The molecule has 0 spiro atoms. The first-order valence-electron chi connectivity index (χ1n) is 15.0. The zero-order valence-electron chi connectivity index (χ0n) is 26.9. The van der Waals surface area contributed by atoms with Crippen molar-refractivity contribution in [3.63, 3.8) is 0 Å². The number of nitrogens with one attached hydrogen (secondary N) is 2. The number of hydrogen-bond donors (Lipinski definition) is 2. The van der Waals surface area contributed by atoms with Crippen molar-refractivity contribution in [2.75, 3.05) is 49.7 Å². The Hall–Kier alpha value is -3.01. The second-order valence-electron chi connectivity index (χ2n) is 13.1. The van der Waals surface area contributed by atoms with Crippen LogP contribution < -0.4 is 15.5 Å². The number of amides is 1. The van der Waals surface area contributed by atoms with Crippen LogP contribution in [0.15, 0.2) is 22.4 Å². The third-order valence-electron chi connectivity index (χ3n) is 6.78. The molecule has 1 saturated heterocycles. The SMILES string of the molecule is C/C(=C\c1cnc(CNc2nc(N3CCOCC3)nc3c(Br)cnn23)n1COCC[Si](C)(C)C)CCNC(=O)OC(C)(C)C. The average Bonchev–Trinajstić information content (AvgIpc) is 3.51. The third kappa shape index (κ3) is 10.0. The van der Waals surface area contributed by atoms with Gasteiger partial charge in [0.05, 0.1) is 42.3 Å². The maximum atomic E-state index is 12.0. The van der Waals surface area contributed by atoms with E-state index in [4.69, 9.17) is 29.2 Å². The molecule has 4 heterocycles. The second kappa shape index (κ2) is 14.8. The van der Waals surface area contributed by atoms with Gasteiger partial charge in [-0.25, -0.2) is 9.78 Å². The van der Waals surface area contributed by atoms with E-state index in [-0.39, 0.29) is 0 Å². The van der Waals surface area contributed by atoms with Gasteiger partial charge < -0.3 is 34.3 Å². The standard InChI is InChI=1S/C29H46BrN9O4Si/c1-21(8-9-31-28(40)43-29(2,3)4)16-22-17-32-24(38(22)20-42-14-15-44(5,6)7)19-33-26-36-27(37-10-12-41-13-11-37)35-25-23(30)18-34-39(25)26/h16-18H,8-15,19-20H2,1-7H3,(H,31,40)(H,33,35,36)/b21-16+. The fraction of sp³-hybridized carbons (Fsp3) is 0.621. The fourth-order valence-corrected chi connectivity index (χ4v) is 5.49. The molecule has 242 valence electrons. The van der Waals surface area contributed by atoms with E-state index in [9.17, 15) is 4.79 Å². The summed E-state index contributed by atoms with van der Waals surface area (Å²) in [5, 5.41) is 10.7. The van der Waals surface area contributed by atoms with E-state index in [2.05, 4.69) is 66.8 Å². The lowest BCUT2D eigenvalue weighted by atomic mass is 10.2. The quantitative estimate of drug-likeness (QED) is 0.183. The normalized spacial score (nSPS) is 14.7. The van der Waals surface area contributed by atoms with Crippen molar-refractivity contribution in [1.82, 2.24) is 34.4 Å². The van der Waals surface area contributed by atoms with E-state index in [0.717, 1.165) is 40.7 Å². The lowest BCUT2D eigenvalue weighted by Crippen LogP contribution is -2.37. The van der Waals surface area contributed by atoms with Crippen molar-refractivity contribution in [3.8, 4) is 0 Å². The molecule has 0 aromatic carbocycles. The third-order valence-corrected chi connectivity index (χ3v) is 9.04. The van der Waals surface area contributed by atoms with Crippen LogP contribution in [-0.2, 0) is 27.5 Å². The number of alkyl carbamates (subject to hydrolysis) is 1. The molecule has 0 bridgehead atoms. The molecular formula is C29H46BrN9O4Si. The van der Waals surface area contributed by atoms with Gasteiger partial charge in [0.2, 0.25) is 11.9 Å². The van der Waals surface area contributed by atoms with Crippen molar-refractivity contribution in [3.05, 3.63) is 34.0 Å². The van der Waals surface area contributed by atoms with E-state index < -0.39 is 19.8 Å². The van der Waals surface area contributed by atoms with Gasteiger partial charge in [-0.1, -0.05) is 25.2 Å². The first-order valence-corrected chi connectivity index (χ1v) is 19.5. The average molecular weight is 693 g/mol. The van der Waals surface area contributed by atoms with E-state index in [0.29, 0.717) is 63.6 Å². The molecule has 0 aliphatic carbocycles. The van der Waals surface area contributed by atoms with E-state index in [1.165, 1.54) is 0 Å². The molecule has 1 amide bonds. The first-order chi connectivity index (χ1) is 20.8. The molecule has 15 heteroatoms. The van der Waals surface area contributed by atoms with Crippen molar-refractivity contribution < 1.29 is 19.0 Å². The number of anilines is 2. The number of carbonyl (C=O) groups is 1. The molecular weight excluding hydrogens is 646 g/mol. The summed E-state index contributed by atoms with van der Waals surface area (Å²) >= 11 is 3.57. The number of halogens is 1. The minimum absolute atomic E-state index is 0.377. The molecule has 4 rings (SSSR count). The highest BCUT2D eigenvalue weighted by atomic mass is 79.9. The smallest absolute Gasteiger partial charge is 0.407 e. The number of fused-ring (bicyclic) bond motifs is 1. The topological polar surface area (TPSA) is 133 Å². The summed E-state index contributed by atoms with van der Waals surface area (Å²) < 4.78 is 21.6. The van der Waals surface area contributed by atoms with Gasteiger partial charge in [-0.3, -0.25) is 0 Å². The Balaban J connectivity index is 1.51. The molecule has 0 radical (unpaired) electrons. The van der Waals surface area contributed by atoms with Crippen LogP contribution in [0, 0.1) is 0 Å². The Morgan fingerprint density at radius 3 is 2.64 bits per heavy atom. The highest BCUT2D eigenvalue weighted by Crippen LogP contribution is 2.23. The second-order valence-corrected chi connectivity index (χ2v) is 19.5. The molecule has 0 atom stereocenters. The number of hydrogen-bond acceptors (Lipinski definition) is 10. The summed E-state index contributed by atoms with van der Waals surface area (Å²) in [6, 6.07) is 1.08. The van der Waals surface area contributed by atoms with Gasteiger partial charge in [0.1, 0.15) is 18.2 Å². The highest BCUT2D eigenvalue weighted by Gasteiger charge is 2.20. The first kappa shape index (κ1) is 33.9. The molecule has 0 unspecified atom stereocenters. The molecule has 3 aromatic rings. The zero-order chi connectivity index (χ0) is 31.9. The van der Waals surface area contributed by atoms with Crippen LogP contribution >= 0.6 is 15.9 Å². The Kier molecular flexibility index (Phi) is 11.4. The summed E-state index contributed by atoms with van der Waals surface area (Å²) in [4.78, 5) is 28.5. The summed E-state index contributed by atoms with van der Waals surface area (Å²) in [7, 11) is -1.23. The number of nitrogens with zero attached hydrogens (tertiary/aromatic N) is 7. The molecule has 1 aliphatic rings. The summed E-state index contributed by atoms with van der Waals surface area (Å²) in [6.07, 6.45) is 5.91. The Morgan fingerprint density at radius 1 is 1.18 bits per heavy atom. The zero-order valence-corrected chi connectivity index (χ0v) is 29.5. The van der Waals surface area contributed by atoms with Crippen LogP contribution in [0.1, 0.15) is 45.6 Å². The molecule has 3 aromatic heterocycles. The lowest BCUT2D eigenvalue weighted by Gasteiger charge is -2.27. The van der Waals surface area contributed by atoms with Crippen molar-refractivity contribution >= 4 is 53.7 Å². The van der Waals surface area contributed by atoms with Gasteiger partial charge in [-0.2, -0.15) is 19.6 Å². The summed E-state index contributed by atoms with van der Waals surface area (Å²) in [6.45, 7) is 19.3. The highest BCUT2D eigenvalue weighted by molar-refractivity contribution is 9.10. The van der Waals surface area contributed by atoms with Crippen LogP contribution in [0.3, 0.4) is 0 Å². The van der Waals surface area contributed by atoms with Crippen LogP contribution in [0.4, 0.5) is 16.7 Å². The lowest BCUT2D eigenvalue weighted by molar-refractivity contribution is 0.0528. The summed E-state index contributed by atoms with van der Waals surface area (Å²) in [5.74, 6) is 1.99. The largest absolute Gasteiger partial charge is 0.444 e. The number of aromatic nitrogens is 6. The van der Waals surface area contributed by atoms with Crippen LogP contribution in [0.5, 0.6) is 0 Å². The number of ether oxygens (including phenoxy) is 3. The number of rotatable bonds is 13. The van der Waals surface area contributed by atoms with Crippen molar-refractivity contribution in [2.45, 2.75) is 78.7 Å². The van der Waals surface area contributed by atoms with Crippen LogP contribution in [0.2, 0.25) is 25.7 Å². The van der Waals surface area contributed by atoms with Crippen molar-refractivity contribution in [1.29, 1.82) is 0 Å². The summed E-state index contributed by atoms with van der Waals surface area (Å²) in [5.41, 5.74) is 2.17. The monoisotopic (exact) mass is 691 g/mol. The Bertz CT molecular complexity index is 1440. The minimum Gasteiger partial charge on any atom is -0.444 e. The van der Waals surface area contributed by atoms with E-state index >= 15 is 0 Å². The predicted molar refractivity (Wildman–Crippen MR) is 178 cm³/mol. The number of imidazole rings is 1. The molecule has 1 fully saturated rings. The van der Waals surface area contributed by atoms with Gasteiger partial charge in [-0.05, 0) is 62.2 Å². The van der Waals surface area contributed by atoms with Gasteiger partial charge in [-0.15, -0.1) is 0 Å². The maximum absolute atomic E-state index is 12.0. The van der Waals surface area contributed by atoms with Gasteiger partial charge in [0.15, 0.2) is 5.65 Å². The van der Waals surface area contributed by atoms with Crippen LogP contribution in [-0.4, -0.2) is 88.4 Å². The molecule has 1 aliphatic heterocycles. The predicted octanol–water partition coefficient (Wildman–Crippen LogP) is 5.16. The molecule has 0 saturated carbocycles. The number of morpholine rings is 1. The van der Waals surface area contributed by atoms with Gasteiger partial charge in [0.25, 0.3) is 0 Å². The Labute approximate surface area is 268 Å². The molecule has 44 heavy (non-hydrogen) atoms. The minimum atomic E-state index is -1.23. The fourth-order valence-electron chi connectivity index (χ4n) is 4.39. The van der Waals surface area contributed by atoms with Crippen molar-refractivity contribution in [2.24, 2.45) is 0 Å². The van der Waals surface area contributed by atoms with E-state index in [1.54, 1.807) is 10.7 Å². The Morgan fingerprint density at radius 2 is 1.93 bits per heavy atom. The molecule has 13 nitrogen and oxygen atoms in total. The van der Waals surface area contributed by atoms with Crippen LogP contribution in [0.25, 0.3) is 11.7 Å². The molecule has 2 N–H and O–H groups in total. The van der Waals surface area contributed by atoms with Gasteiger partial charge in [0, 0.05) is 34.3 Å². The maximum Gasteiger partial charge on any atom is 0.407 e. The number of carbonyl (C=O) groups excluding carboxylic acids is 1. The van der Waals surface area contributed by atoms with Gasteiger partial charge >= 0.3 is 6.09 Å². The van der Waals surface area contributed by atoms with E-state index in [1.807, 2.05) is 33.9 Å².